The summed E-state index contributed by atoms with van der Waals surface area (Å²) >= 11 is 0. The maximum absolute atomic E-state index is 13.2. The third-order valence-corrected chi connectivity index (χ3v) is 3.48. The van der Waals surface area contributed by atoms with Gasteiger partial charge in [-0.2, -0.15) is 0 Å². The van der Waals surface area contributed by atoms with Gasteiger partial charge in [-0.15, -0.1) is 0 Å². The Morgan fingerprint density at radius 2 is 1.67 bits per heavy atom. The van der Waals surface area contributed by atoms with Crippen LogP contribution in [0.4, 0.5) is 10.3 Å². The maximum atomic E-state index is 13.2. The first-order valence-electron chi connectivity index (χ1n) is 7.59. The monoisotopic (exact) mass is 324 g/mol. The van der Waals surface area contributed by atoms with Gasteiger partial charge in [-0.1, -0.05) is 12.1 Å². The highest BCUT2D eigenvalue weighted by Crippen LogP contribution is 2.29. The van der Waals surface area contributed by atoms with Gasteiger partial charge < -0.3 is 10.5 Å². The van der Waals surface area contributed by atoms with Crippen molar-refractivity contribution in [3.63, 3.8) is 0 Å². The zero-order valence-electron chi connectivity index (χ0n) is 13.2. The molecule has 0 aliphatic carbocycles. The first-order valence-corrected chi connectivity index (χ1v) is 7.59. The average Bonchev–Trinajstić information content (AvgIpc) is 2.59. The summed E-state index contributed by atoms with van der Waals surface area (Å²) < 4.78 is 18.8. The first-order chi connectivity index (χ1) is 11.7. The van der Waals surface area contributed by atoms with Gasteiger partial charge in [0.2, 0.25) is 11.8 Å². The SMILES string of the molecule is CCOc1ncc(Cc2cnc(N)nc2)cc1-c1ccc(F)cc1. The third kappa shape index (κ3) is 3.65. The summed E-state index contributed by atoms with van der Waals surface area (Å²) in [4.78, 5) is 12.4. The Morgan fingerprint density at radius 3 is 2.33 bits per heavy atom. The fourth-order valence-corrected chi connectivity index (χ4v) is 2.37. The van der Waals surface area contributed by atoms with Crippen LogP contribution in [0.15, 0.2) is 48.9 Å². The van der Waals surface area contributed by atoms with E-state index in [-0.39, 0.29) is 11.8 Å². The summed E-state index contributed by atoms with van der Waals surface area (Å²) in [5.41, 5.74) is 9.09. The molecule has 2 N–H and O–H groups in total. The van der Waals surface area contributed by atoms with Crippen LogP contribution in [0.3, 0.4) is 0 Å². The maximum Gasteiger partial charge on any atom is 0.221 e. The van der Waals surface area contributed by atoms with Gasteiger partial charge in [-0.05, 0) is 41.8 Å². The number of hydrogen-bond donors (Lipinski definition) is 1. The van der Waals surface area contributed by atoms with Crippen molar-refractivity contribution in [2.24, 2.45) is 0 Å². The summed E-state index contributed by atoms with van der Waals surface area (Å²) in [5, 5.41) is 0. The number of pyridine rings is 1. The molecule has 0 amide bonds. The second kappa shape index (κ2) is 7.04. The fraction of sp³-hybridized carbons (Fsp3) is 0.167. The first kappa shape index (κ1) is 15.9. The van der Waals surface area contributed by atoms with Crippen LogP contribution in [0, 0.1) is 5.82 Å². The molecular formula is C18H17FN4O. The summed E-state index contributed by atoms with van der Waals surface area (Å²) in [6.45, 7) is 2.40. The molecular weight excluding hydrogens is 307 g/mol. The zero-order chi connectivity index (χ0) is 16.9. The van der Waals surface area contributed by atoms with E-state index in [0.717, 1.165) is 22.3 Å². The molecule has 3 aromatic rings. The highest BCUT2D eigenvalue weighted by molar-refractivity contribution is 5.69. The fourth-order valence-electron chi connectivity index (χ4n) is 2.37. The summed E-state index contributed by atoms with van der Waals surface area (Å²) in [6.07, 6.45) is 5.76. The molecule has 0 fully saturated rings. The number of halogens is 1. The Hall–Kier alpha value is -3.02. The van der Waals surface area contributed by atoms with Crippen molar-refractivity contribution in [1.29, 1.82) is 0 Å². The van der Waals surface area contributed by atoms with Crippen molar-refractivity contribution in [3.05, 3.63) is 65.9 Å². The number of rotatable bonds is 5. The van der Waals surface area contributed by atoms with Crippen molar-refractivity contribution >= 4 is 5.95 Å². The lowest BCUT2D eigenvalue weighted by atomic mass is 10.0. The molecule has 0 bridgehead atoms. The Balaban J connectivity index is 1.95. The van der Waals surface area contributed by atoms with Gasteiger partial charge in [-0.3, -0.25) is 0 Å². The molecule has 0 unspecified atom stereocenters. The van der Waals surface area contributed by atoms with Crippen LogP contribution in [0.2, 0.25) is 0 Å². The van der Waals surface area contributed by atoms with E-state index >= 15 is 0 Å². The molecule has 1 aromatic carbocycles. The number of benzene rings is 1. The van der Waals surface area contributed by atoms with Gasteiger partial charge >= 0.3 is 0 Å². The number of ether oxygens (including phenoxy) is 1. The standard InChI is InChI=1S/C18H17FN4O/c1-2-24-17-16(14-3-5-15(19)6-4-14)8-12(9-21-17)7-13-10-22-18(20)23-11-13/h3-6,8-11H,2,7H2,1H3,(H2,20,22,23). The van der Waals surface area contributed by atoms with Crippen molar-refractivity contribution in [2.75, 3.05) is 12.3 Å². The number of hydrogen-bond acceptors (Lipinski definition) is 5. The highest BCUT2D eigenvalue weighted by atomic mass is 19.1. The minimum absolute atomic E-state index is 0.246. The van der Waals surface area contributed by atoms with Gasteiger partial charge in [0.15, 0.2) is 0 Å². The van der Waals surface area contributed by atoms with Gasteiger partial charge in [0.25, 0.3) is 0 Å². The Morgan fingerprint density at radius 1 is 1.00 bits per heavy atom. The topological polar surface area (TPSA) is 73.9 Å². The lowest BCUT2D eigenvalue weighted by Crippen LogP contribution is -2.00. The smallest absolute Gasteiger partial charge is 0.221 e. The lowest BCUT2D eigenvalue weighted by Gasteiger charge is -2.11. The van der Waals surface area contributed by atoms with Crippen LogP contribution in [0.1, 0.15) is 18.1 Å². The van der Waals surface area contributed by atoms with E-state index in [2.05, 4.69) is 15.0 Å². The lowest BCUT2D eigenvalue weighted by molar-refractivity contribution is 0.328. The van der Waals surface area contributed by atoms with Crippen molar-refractivity contribution < 1.29 is 9.13 Å². The third-order valence-electron chi connectivity index (χ3n) is 3.48. The van der Waals surface area contributed by atoms with E-state index in [9.17, 15) is 4.39 Å². The molecule has 2 aromatic heterocycles. The molecule has 3 rings (SSSR count). The molecule has 0 aliphatic rings. The minimum Gasteiger partial charge on any atom is -0.478 e. The zero-order valence-corrected chi connectivity index (χ0v) is 13.2. The van der Waals surface area contributed by atoms with E-state index in [4.69, 9.17) is 10.5 Å². The number of aromatic nitrogens is 3. The van der Waals surface area contributed by atoms with Gasteiger partial charge in [0.05, 0.1) is 6.61 Å². The molecule has 0 saturated heterocycles. The van der Waals surface area contributed by atoms with E-state index in [1.165, 1.54) is 12.1 Å². The minimum atomic E-state index is -0.278. The second-order valence-electron chi connectivity index (χ2n) is 5.26. The largest absolute Gasteiger partial charge is 0.478 e. The van der Waals surface area contributed by atoms with E-state index in [1.807, 2.05) is 13.0 Å². The number of nitrogen functional groups attached to an aromatic ring is 1. The predicted octanol–water partition coefficient (Wildman–Crippen LogP) is 3.25. The van der Waals surface area contributed by atoms with Crippen molar-refractivity contribution in [3.8, 4) is 17.0 Å². The van der Waals surface area contributed by atoms with E-state index in [1.54, 1.807) is 30.7 Å². The van der Waals surface area contributed by atoms with Crippen LogP contribution in [0.5, 0.6) is 5.88 Å². The molecule has 122 valence electrons. The van der Waals surface area contributed by atoms with Crippen LogP contribution in [0.25, 0.3) is 11.1 Å². The average molecular weight is 324 g/mol. The quantitative estimate of drug-likeness (QED) is 0.780. The van der Waals surface area contributed by atoms with Crippen LogP contribution < -0.4 is 10.5 Å². The molecule has 0 atom stereocenters. The summed E-state index contributed by atoms with van der Waals surface area (Å²) in [7, 11) is 0. The van der Waals surface area contributed by atoms with Gasteiger partial charge in [-0.25, -0.2) is 19.3 Å². The molecule has 0 aliphatic heterocycles. The van der Waals surface area contributed by atoms with Crippen LogP contribution in [-0.4, -0.2) is 21.6 Å². The Kier molecular flexibility index (Phi) is 4.65. The molecule has 5 nitrogen and oxygen atoms in total. The van der Waals surface area contributed by atoms with E-state index < -0.39 is 0 Å². The molecule has 0 radical (unpaired) electrons. The summed E-state index contributed by atoms with van der Waals surface area (Å²) in [6, 6.07) is 8.26. The normalized spacial score (nSPS) is 10.6. The highest BCUT2D eigenvalue weighted by Gasteiger charge is 2.10. The number of nitrogens with two attached hydrogens (primary N) is 1. The second-order valence-corrected chi connectivity index (χ2v) is 5.26. The molecule has 2 heterocycles. The number of nitrogens with zero attached hydrogens (tertiary/aromatic N) is 3. The molecule has 0 saturated carbocycles. The predicted molar refractivity (Wildman–Crippen MR) is 90.1 cm³/mol. The Labute approximate surface area is 139 Å². The van der Waals surface area contributed by atoms with Crippen LogP contribution >= 0.6 is 0 Å². The summed E-state index contributed by atoms with van der Waals surface area (Å²) in [5.74, 6) is 0.497. The Bertz CT molecular complexity index is 819. The molecule has 0 spiro atoms. The van der Waals surface area contributed by atoms with Crippen molar-refractivity contribution in [2.45, 2.75) is 13.3 Å². The molecule has 24 heavy (non-hydrogen) atoms. The van der Waals surface area contributed by atoms with E-state index in [0.29, 0.717) is 18.9 Å². The van der Waals surface area contributed by atoms with Gasteiger partial charge in [0.1, 0.15) is 5.82 Å². The van der Waals surface area contributed by atoms with Crippen LogP contribution in [-0.2, 0) is 6.42 Å². The van der Waals surface area contributed by atoms with Gasteiger partial charge in [0, 0.05) is 30.6 Å². The van der Waals surface area contributed by atoms with Crippen molar-refractivity contribution in [1.82, 2.24) is 15.0 Å². The number of anilines is 1. The molecule has 6 heteroatoms.